The maximum atomic E-state index is 11.1. The van der Waals surface area contributed by atoms with Crippen molar-refractivity contribution in [2.24, 2.45) is 0 Å². The zero-order valence-corrected chi connectivity index (χ0v) is 7.25. The van der Waals surface area contributed by atoms with Gasteiger partial charge >= 0.3 is 5.97 Å². The third-order valence-electron chi connectivity index (χ3n) is 1.89. The molecule has 0 aromatic heterocycles. The van der Waals surface area contributed by atoms with Gasteiger partial charge in [-0.25, -0.2) is 4.79 Å². The molecule has 0 N–H and O–H groups in total. The summed E-state index contributed by atoms with van der Waals surface area (Å²) in [5.74, 6) is -0.491. The molecular formula is C9H5ClO3. The van der Waals surface area contributed by atoms with Crippen molar-refractivity contribution >= 4 is 22.8 Å². The Balaban J connectivity index is 2.53. The van der Waals surface area contributed by atoms with Crippen molar-refractivity contribution in [3.05, 3.63) is 35.4 Å². The SMILES string of the molecule is O=C1O[C@@H](C(=O)Cl)c2ccccc21. The van der Waals surface area contributed by atoms with E-state index in [1.54, 1.807) is 24.3 Å². The number of hydrogen-bond acceptors (Lipinski definition) is 3. The van der Waals surface area contributed by atoms with E-state index in [1.165, 1.54) is 0 Å². The highest BCUT2D eigenvalue weighted by Crippen LogP contribution is 2.31. The molecule has 0 spiro atoms. The van der Waals surface area contributed by atoms with Crippen molar-refractivity contribution < 1.29 is 14.3 Å². The highest BCUT2D eigenvalue weighted by atomic mass is 35.5. The predicted molar refractivity (Wildman–Crippen MR) is 45.5 cm³/mol. The number of cyclic esters (lactones) is 1. The summed E-state index contributed by atoms with van der Waals surface area (Å²) in [5, 5.41) is -0.668. The van der Waals surface area contributed by atoms with Crippen LogP contribution in [0.1, 0.15) is 22.0 Å². The van der Waals surface area contributed by atoms with Crippen LogP contribution in [0.3, 0.4) is 0 Å². The van der Waals surface area contributed by atoms with Crippen LogP contribution in [0, 0.1) is 0 Å². The third kappa shape index (κ3) is 1.21. The summed E-state index contributed by atoms with van der Waals surface area (Å²) in [7, 11) is 0. The lowest BCUT2D eigenvalue weighted by Gasteiger charge is -2.02. The summed E-state index contributed by atoms with van der Waals surface area (Å²) >= 11 is 5.26. The molecular weight excluding hydrogens is 192 g/mol. The average molecular weight is 197 g/mol. The highest BCUT2D eigenvalue weighted by molar-refractivity contribution is 6.64. The molecule has 1 aliphatic heterocycles. The molecule has 1 heterocycles. The van der Waals surface area contributed by atoms with Crippen molar-refractivity contribution in [3.63, 3.8) is 0 Å². The molecule has 0 unspecified atom stereocenters. The minimum Gasteiger partial charge on any atom is -0.444 e. The third-order valence-corrected chi connectivity index (χ3v) is 2.09. The van der Waals surface area contributed by atoms with Crippen LogP contribution in [0.4, 0.5) is 0 Å². The molecule has 66 valence electrons. The van der Waals surface area contributed by atoms with Crippen molar-refractivity contribution in [2.75, 3.05) is 0 Å². The van der Waals surface area contributed by atoms with E-state index in [2.05, 4.69) is 0 Å². The number of rotatable bonds is 1. The maximum Gasteiger partial charge on any atom is 0.339 e. The van der Waals surface area contributed by atoms with Gasteiger partial charge in [0.25, 0.3) is 5.24 Å². The lowest BCUT2D eigenvalue weighted by molar-refractivity contribution is -0.119. The van der Waals surface area contributed by atoms with E-state index < -0.39 is 17.3 Å². The lowest BCUT2D eigenvalue weighted by atomic mass is 10.1. The molecule has 0 bridgehead atoms. The van der Waals surface area contributed by atoms with Gasteiger partial charge in [-0.3, -0.25) is 4.79 Å². The molecule has 0 saturated carbocycles. The number of fused-ring (bicyclic) bond motifs is 1. The molecule has 0 saturated heterocycles. The molecule has 0 fully saturated rings. The van der Waals surface area contributed by atoms with Gasteiger partial charge in [0.05, 0.1) is 5.56 Å². The monoisotopic (exact) mass is 196 g/mol. The van der Waals surface area contributed by atoms with E-state index in [-0.39, 0.29) is 0 Å². The molecule has 1 aromatic rings. The lowest BCUT2D eigenvalue weighted by Crippen LogP contribution is -2.05. The minimum absolute atomic E-state index is 0.418. The second-order valence-corrected chi connectivity index (χ2v) is 3.05. The van der Waals surface area contributed by atoms with Gasteiger partial charge in [0, 0.05) is 5.56 Å². The summed E-state index contributed by atoms with van der Waals surface area (Å²) in [6.45, 7) is 0. The minimum atomic E-state index is -0.926. The largest absolute Gasteiger partial charge is 0.444 e. The number of benzene rings is 1. The summed E-state index contributed by atoms with van der Waals surface area (Å²) in [5.41, 5.74) is 0.967. The number of halogens is 1. The molecule has 2 rings (SSSR count). The van der Waals surface area contributed by atoms with Gasteiger partial charge in [-0.2, -0.15) is 0 Å². The van der Waals surface area contributed by atoms with E-state index in [4.69, 9.17) is 16.3 Å². The predicted octanol–water partition coefficient (Wildman–Crippen LogP) is 1.66. The van der Waals surface area contributed by atoms with E-state index in [0.717, 1.165) is 0 Å². The van der Waals surface area contributed by atoms with Crippen molar-refractivity contribution in [1.29, 1.82) is 0 Å². The van der Waals surface area contributed by atoms with Gasteiger partial charge in [0.2, 0.25) is 6.10 Å². The molecule has 4 heteroatoms. The molecule has 1 aliphatic rings. The van der Waals surface area contributed by atoms with Gasteiger partial charge < -0.3 is 4.74 Å². The van der Waals surface area contributed by atoms with Gasteiger partial charge in [-0.05, 0) is 17.7 Å². The number of ether oxygens (including phenoxy) is 1. The number of carbonyl (C=O) groups is 2. The van der Waals surface area contributed by atoms with Gasteiger partial charge in [-0.1, -0.05) is 18.2 Å². The Morgan fingerprint density at radius 3 is 2.77 bits per heavy atom. The van der Waals surface area contributed by atoms with E-state index in [1.807, 2.05) is 0 Å². The van der Waals surface area contributed by atoms with Crippen LogP contribution in [0.15, 0.2) is 24.3 Å². The van der Waals surface area contributed by atoms with Crippen LogP contribution in [0.25, 0.3) is 0 Å². The van der Waals surface area contributed by atoms with Gasteiger partial charge in [0.15, 0.2) is 0 Å². The van der Waals surface area contributed by atoms with Crippen LogP contribution in [-0.4, -0.2) is 11.2 Å². The van der Waals surface area contributed by atoms with Crippen LogP contribution < -0.4 is 0 Å². The van der Waals surface area contributed by atoms with Crippen molar-refractivity contribution in [2.45, 2.75) is 6.10 Å². The zero-order valence-electron chi connectivity index (χ0n) is 6.49. The summed E-state index contributed by atoms with van der Waals surface area (Å²) in [6.07, 6.45) is -0.926. The first-order valence-electron chi connectivity index (χ1n) is 3.69. The Hall–Kier alpha value is -1.35. The quantitative estimate of drug-likeness (QED) is 0.507. The first kappa shape index (κ1) is 8.26. The number of esters is 1. The molecule has 1 atom stereocenters. The van der Waals surface area contributed by atoms with E-state index in [0.29, 0.717) is 11.1 Å². The Bertz CT molecular complexity index is 386. The average Bonchev–Trinajstić information content (AvgIpc) is 2.45. The Labute approximate surface area is 79.3 Å². The normalized spacial score (nSPS) is 19.5. The van der Waals surface area contributed by atoms with Crippen molar-refractivity contribution in [3.8, 4) is 0 Å². The topological polar surface area (TPSA) is 43.4 Å². The van der Waals surface area contributed by atoms with E-state index >= 15 is 0 Å². The Morgan fingerprint density at radius 2 is 2.08 bits per heavy atom. The first-order valence-corrected chi connectivity index (χ1v) is 4.07. The van der Waals surface area contributed by atoms with Gasteiger partial charge in [-0.15, -0.1) is 0 Å². The van der Waals surface area contributed by atoms with E-state index in [9.17, 15) is 9.59 Å². The summed E-state index contributed by atoms with van der Waals surface area (Å²) < 4.78 is 4.77. The second-order valence-electron chi connectivity index (χ2n) is 2.68. The Morgan fingerprint density at radius 1 is 1.38 bits per heavy atom. The highest BCUT2D eigenvalue weighted by Gasteiger charge is 2.34. The van der Waals surface area contributed by atoms with Crippen molar-refractivity contribution in [1.82, 2.24) is 0 Å². The van der Waals surface area contributed by atoms with Crippen LogP contribution >= 0.6 is 11.6 Å². The molecule has 0 amide bonds. The second kappa shape index (κ2) is 2.85. The molecule has 0 radical (unpaired) electrons. The summed E-state index contributed by atoms with van der Waals surface area (Å²) in [4.78, 5) is 22.0. The fourth-order valence-corrected chi connectivity index (χ4v) is 1.48. The van der Waals surface area contributed by atoms with Crippen LogP contribution in [0.2, 0.25) is 0 Å². The molecule has 3 nitrogen and oxygen atoms in total. The Kier molecular flexibility index (Phi) is 1.81. The fourth-order valence-electron chi connectivity index (χ4n) is 1.31. The smallest absolute Gasteiger partial charge is 0.339 e. The molecule has 0 aliphatic carbocycles. The first-order chi connectivity index (χ1) is 6.20. The standard InChI is InChI=1S/C9H5ClO3/c10-8(11)7-5-3-1-2-4-6(5)9(12)13-7/h1-4,7H/t7-/m1/s1. The van der Waals surface area contributed by atoms with Crippen LogP contribution in [-0.2, 0) is 9.53 Å². The molecule has 1 aromatic carbocycles. The van der Waals surface area contributed by atoms with Gasteiger partial charge in [0.1, 0.15) is 0 Å². The fraction of sp³-hybridized carbons (Fsp3) is 0.111. The zero-order chi connectivity index (χ0) is 9.42. The number of carbonyl (C=O) groups excluding carboxylic acids is 2. The summed E-state index contributed by atoms with van der Waals surface area (Å²) in [6, 6.07) is 6.71. The number of hydrogen-bond donors (Lipinski definition) is 0. The maximum absolute atomic E-state index is 11.1. The van der Waals surface area contributed by atoms with Crippen LogP contribution in [0.5, 0.6) is 0 Å². The molecule has 13 heavy (non-hydrogen) atoms.